The van der Waals surface area contributed by atoms with E-state index in [2.05, 4.69) is 9.47 Å². The molecule has 56 heavy (non-hydrogen) atoms. The summed E-state index contributed by atoms with van der Waals surface area (Å²) in [6.45, 7) is 0.598. The lowest BCUT2D eigenvalue weighted by molar-refractivity contribution is -0.143. The van der Waals surface area contributed by atoms with Gasteiger partial charge in [-0.2, -0.15) is 0 Å². The normalized spacial score (nSPS) is 22.3. The Bertz CT molecular complexity index is 2430. The van der Waals surface area contributed by atoms with Gasteiger partial charge in [0.15, 0.2) is 28.5 Å². The molecule has 6 atom stereocenters. The van der Waals surface area contributed by atoms with E-state index in [9.17, 15) is 28.8 Å². The summed E-state index contributed by atoms with van der Waals surface area (Å²) in [6.07, 6.45) is 5.32. The third kappa shape index (κ3) is 7.91. The van der Waals surface area contributed by atoms with Crippen LogP contribution in [0.3, 0.4) is 0 Å². The summed E-state index contributed by atoms with van der Waals surface area (Å²) >= 11 is 18.2. The van der Waals surface area contributed by atoms with Crippen molar-refractivity contribution in [3.8, 4) is 5.75 Å². The number of Topliss-reactive ketones (excluding diaryl/α,β-unsaturated/α-hetero) is 3. The highest BCUT2D eigenvalue weighted by Crippen LogP contribution is 2.45. The molecule has 0 unspecified atom stereocenters. The van der Waals surface area contributed by atoms with E-state index in [1.54, 1.807) is 36.4 Å². The lowest BCUT2D eigenvalue weighted by Gasteiger charge is -2.06. The molecule has 3 fully saturated rings. The molecule has 3 aromatic carbocycles. The average Bonchev–Trinajstić information content (AvgIpc) is 4.15. The summed E-state index contributed by atoms with van der Waals surface area (Å²) in [6, 6.07) is 13.5. The van der Waals surface area contributed by atoms with E-state index in [0.717, 1.165) is 22.8 Å². The lowest BCUT2D eigenvalue weighted by atomic mass is 10.0. The Balaban J connectivity index is 0.000000129. The number of benzene rings is 3. The number of carbonyl (C=O) groups excluding carboxylic acids is 5. The molecule has 5 aromatic rings. The van der Waals surface area contributed by atoms with E-state index in [0.29, 0.717) is 74.5 Å². The van der Waals surface area contributed by atoms with Crippen LogP contribution in [0.4, 0.5) is 0 Å². The van der Waals surface area contributed by atoms with Crippen LogP contribution in [0.25, 0.3) is 21.9 Å². The van der Waals surface area contributed by atoms with Crippen LogP contribution in [0.5, 0.6) is 5.75 Å². The molecule has 0 bridgehead atoms. The second kappa shape index (κ2) is 15.8. The summed E-state index contributed by atoms with van der Waals surface area (Å²) in [5, 5.41) is 11.6. The first-order chi connectivity index (χ1) is 26.8. The maximum atomic E-state index is 12.3. The summed E-state index contributed by atoms with van der Waals surface area (Å²) in [4.78, 5) is 70.1. The number of fused-ring (bicyclic) bond motifs is 3. The Morgan fingerprint density at radius 1 is 0.607 bits per heavy atom. The number of carboxylic acid groups (broad SMARTS) is 1. The Labute approximate surface area is 333 Å². The number of hydrogen-bond acceptors (Lipinski definition) is 11. The van der Waals surface area contributed by atoms with Crippen LogP contribution in [0.15, 0.2) is 69.9 Å². The molecule has 0 spiro atoms. The van der Waals surface area contributed by atoms with Gasteiger partial charge in [-0.05, 0) is 73.4 Å². The Morgan fingerprint density at radius 2 is 1.04 bits per heavy atom. The molecule has 0 amide bonds. The van der Waals surface area contributed by atoms with E-state index in [4.69, 9.17) is 53.5 Å². The van der Waals surface area contributed by atoms with E-state index in [-0.39, 0.29) is 53.0 Å². The minimum Gasteiger partial charge on any atom is -0.491 e. The van der Waals surface area contributed by atoms with Crippen molar-refractivity contribution in [2.24, 2.45) is 35.5 Å². The van der Waals surface area contributed by atoms with E-state index >= 15 is 0 Å². The maximum Gasteiger partial charge on any atom is 0.309 e. The zero-order valence-corrected chi connectivity index (χ0v) is 32.1. The molecule has 0 radical (unpaired) electrons. The zero-order valence-electron chi connectivity index (χ0n) is 29.8. The first-order valence-corrected chi connectivity index (χ1v) is 18.7. The predicted octanol–water partition coefficient (Wildman–Crippen LogP) is 8.33. The molecular weight excluding hydrogens is 791 g/mol. The fourth-order valence-corrected chi connectivity index (χ4v) is 7.79. The van der Waals surface area contributed by atoms with Gasteiger partial charge in [0.05, 0.1) is 66.2 Å². The fourth-order valence-electron chi connectivity index (χ4n) is 6.96. The largest absolute Gasteiger partial charge is 0.491 e. The van der Waals surface area contributed by atoms with Crippen molar-refractivity contribution < 1.29 is 56.9 Å². The fraction of sp³-hybridized carbons (Fsp3) is 0.317. The number of ether oxygens (including phenoxy) is 3. The molecule has 3 heterocycles. The number of halogens is 3. The van der Waals surface area contributed by atoms with Crippen molar-refractivity contribution in [2.45, 2.75) is 25.7 Å². The molecule has 3 aliphatic carbocycles. The van der Waals surface area contributed by atoms with Gasteiger partial charge in [-0.25, -0.2) is 0 Å². The molecule has 15 heteroatoms. The quantitative estimate of drug-likeness (QED) is 0.111. The molecule has 12 nitrogen and oxygen atoms in total. The monoisotopic (exact) mass is 822 g/mol. The average molecular weight is 824 g/mol. The summed E-state index contributed by atoms with van der Waals surface area (Å²) in [7, 11) is 2.67. The van der Waals surface area contributed by atoms with Crippen LogP contribution in [-0.4, -0.2) is 61.2 Å². The van der Waals surface area contributed by atoms with Gasteiger partial charge in [0, 0.05) is 51.6 Å². The summed E-state index contributed by atoms with van der Waals surface area (Å²) in [5.74, 6) is -3.24. The van der Waals surface area contributed by atoms with Crippen molar-refractivity contribution >= 4 is 92.0 Å². The topological polar surface area (TPSA) is 177 Å². The molecule has 2 aromatic heterocycles. The Morgan fingerprint density at radius 3 is 1.48 bits per heavy atom. The molecule has 0 saturated heterocycles. The first-order valence-electron chi connectivity index (χ1n) is 17.6. The standard InChI is InChI=1S/C14H13ClO4.C14H11ClO4.C13H9ClO4/c2*1-18-14(17)10-6-9(10)12(16)8-4-7-2-3-19-13(7)11(15)5-8;14-10-4-7(3-6-1-2-18-12(6)10)11(15)8-5-9(8)13(16)17/h4-5,9-10H,2-3,6H2,1H3;2-5,9-10H,6H2,1H3;1-4,8-9H,5H2,(H,16,17)/t2*9-,10-;8-,9-/m000/s1. The number of methoxy groups -OCH3 is 2. The van der Waals surface area contributed by atoms with Crippen LogP contribution >= 0.6 is 34.8 Å². The molecule has 3 saturated carbocycles. The second-order valence-electron chi connectivity index (χ2n) is 14.0. The van der Waals surface area contributed by atoms with Crippen LogP contribution in [0.2, 0.25) is 15.1 Å². The Hall–Kier alpha value is -5.17. The first kappa shape index (κ1) is 39.1. The van der Waals surface area contributed by atoms with Gasteiger partial charge in [0.25, 0.3) is 0 Å². The number of carboxylic acids is 1. The Kier molecular flexibility index (Phi) is 11.0. The van der Waals surface area contributed by atoms with Gasteiger partial charge >= 0.3 is 17.9 Å². The van der Waals surface area contributed by atoms with Gasteiger partial charge in [-0.15, -0.1) is 0 Å². The van der Waals surface area contributed by atoms with E-state index in [1.165, 1.54) is 32.8 Å². The second-order valence-corrected chi connectivity index (χ2v) is 15.2. The minimum atomic E-state index is -0.913. The van der Waals surface area contributed by atoms with Crippen molar-refractivity contribution in [3.63, 3.8) is 0 Å². The minimum absolute atomic E-state index is 0.0352. The highest BCUT2D eigenvalue weighted by Gasteiger charge is 2.50. The molecule has 1 aliphatic heterocycles. The number of hydrogen-bond donors (Lipinski definition) is 1. The molecule has 9 rings (SSSR count). The third-order valence-electron chi connectivity index (χ3n) is 10.3. The van der Waals surface area contributed by atoms with Crippen molar-refractivity contribution in [1.29, 1.82) is 0 Å². The van der Waals surface area contributed by atoms with Gasteiger partial charge < -0.3 is 28.2 Å². The number of esters is 2. The predicted molar refractivity (Wildman–Crippen MR) is 203 cm³/mol. The smallest absolute Gasteiger partial charge is 0.309 e. The highest BCUT2D eigenvalue weighted by atomic mass is 35.5. The molecule has 1 N–H and O–H groups in total. The maximum absolute atomic E-state index is 12.3. The van der Waals surface area contributed by atoms with Crippen LogP contribution < -0.4 is 4.74 Å². The van der Waals surface area contributed by atoms with Gasteiger partial charge in [-0.1, -0.05) is 34.8 Å². The number of furan rings is 2. The zero-order chi connectivity index (χ0) is 40.0. The number of aliphatic carboxylic acids is 1. The number of rotatable bonds is 9. The van der Waals surface area contributed by atoms with Crippen molar-refractivity contribution in [2.75, 3.05) is 20.8 Å². The van der Waals surface area contributed by atoms with Crippen LogP contribution in [-0.2, 0) is 30.3 Å². The molecule has 290 valence electrons. The lowest BCUT2D eigenvalue weighted by Crippen LogP contribution is -2.10. The molecule has 4 aliphatic rings. The van der Waals surface area contributed by atoms with Gasteiger partial charge in [0.1, 0.15) is 5.75 Å². The summed E-state index contributed by atoms with van der Waals surface area (Å²) in [5.41, 5.74) is 3.59. The third-order valence-corrected chi connectivity index (χ3v) is 11.2. The summed E-state index contributed by atoms with van der Waals surface area (Å²) < 4.78 is 25.1. The van der Waals surface area contributed by atoms with Crippen molar-refractivity contribution in [1.82, 2.24) is 0 Å². The number of ketones is 3. The van der Waals surface area contributed by atoms with E-state index < -0.39 is 17.8 Å². The molecular formula is C41H33Cl3O12. The van der Waals surface area contributed by atoms with E-state index in [1.807, 2.05) is 6.07 Å². The SMILES string of the molecule is COC(=O)[C@H]1C[C@@H]1C(=O)c1cc(Cl)c2c(c1)CCO2.COC(=O)[C@H]1C[C@@H]1C(=O)c1cc(Cl)c2occc2c1.O=C(O)[C@H]1C[C@@H]1C(=O)c1cc(Cl)c2occc2c1. The number of carbonyl (C=O) groups is 6. The van der Waals surface area contributed by atoms with Gasteiger partial charge in [-0.3, -0.25) is 28.8 Å². The van der Waals surface area contributed by atoms with Crippen molar-refractivity contribution in [3.05, 3.63) is 98.4 Å². The highest BCUT2D eigenvalue weighted by molar-refractivity contribution is 6.36. The van der Waals surface area contributed by atoms with Gasteiger partial charge in [0.2, 0.25) is 0 Å². The van der Waals surface area contributed by atoms with Crippen LogP contribution in [0, 0.1) is 35.5 Å². The van der Waals surface area contributed by atoms with Crippen LogP contribution in [0.1, 0.15) is 55.9 Å².